The maximum Gasteiger partial charge on any atom is 0.0754 e. The highest BCUT2D eigenvalue weighted by Gasteiger charge is 2.06. The van der Waals surface area contributed by atoms with E-state index < -0.39 is 0 Å². The van der Waals surface area contributed by atoms with Crippen LogP contribution >= 0.6 is 11.6 Å². The fourth-order valence-corrected chi connectivity index (χ4v) is 1.74. The lowest BCUT2D eigenvalue weighted by Gasteiger charge is -2.07. The van der Waals surface area contributed by atoms with E-state index in [9.17, 15) is 0 Å². The Kier molecular flexibility index (Phi) is 1.97. The standard InChI is InChI=1S/C10H10ClN3/c1-5-2-6(11)3-7-9(13)8(12)4-14-10(5)7/h2-4H,12H2,1H3,(H2,13,14). The van der Waals surface area contributed by atoms with E-state index in [0.717, 1.165) is 16.5 Å². The Morgan fingerprint density at radius 3 is 2.71 bits per heavy atom. The molecule has 4 heteroatoms. The highest BCUT2D eigenvalue weighted by Crippen LogP contribution is 2.29. The van der Waals surface area contributed by atoms with Crippen molar-refractivity contribution in [3.05, 3.63) is 28.9 Å². The van der Waals surface area contributed by atoms with E-state index in [2.05, 4.69) is 4.98 Å². The Labute approximate surface area is 86.7 Å². The van der Waals surface area contributed by atoms with Crippen LogP contribution in [-0.2, 0) is 0 Å². The van der Waals surface area contributed by atoms with Crippen LogP contribution in [0.25, 0.3) is 10.9 Å². The number of hydrogen-bond acceptors (Lipinski definition) is 3. The topological polar surface area (TPSA) is 64.9 Å². The van der Waals surface area contributed by atoms with Crippen molar-refractivity contribution in [3.8, 4) is 0 Å². The fraction of sp³-hybridized carbons (Fsp3) is 0.100. The number of rotatable bonds is 0. The van der Waals surface area contributed by atoms with Crippen LogP contribution in [0.2, 0.25) is 5.02 Å². The van der Waals surface area contributed by atoms with E-state index in [4.69, 9.17) is 23.1 Å². The van der Waals surface area contributed by atoms with Crippen molar-refractivity contribution in [1.82, 2.24) is 4.98 Å². The third-order valence-electron chi connectivity index (χ3n) is 2.20. The molecular weight excluding hydrogens is 198 g/mol. The molecule has 0 saturated carbocycles. The molecule has 4 N–H and O–H groups in total. The van der Waals surface area contributed by atoms with Gasteiger partial charge in [0.15, 0.2) is 0 Å². The molecule has 2 aromatic rings. The number of nitrogens with zero attached hydrogens (tertiary/aromatic N) is 1. The summed E-state index contributed by atoms with van der Waals surface area (Å²) in [4.78, 5) is 4.22. The highest BCUT2D eigenvalue weighted by atomic mass is 35.5. The molecule has 0 bridgehead atoms. The molecule has 1 aromatic carbocycles. The summed E-state index contributed by atoms with van der Waals surface area (Å²) >= 11 is 5.92. The molecule has 0 radical (unpaired) electrons. The van der Waals surface area contributed by atoms with Crippen molar-refractivity contribution in [2.75, 3.05) is 11.5 Å². The minimum atomic E-state index is 0.485. The minimum absolute atomic E-state index is 0.485. The van der Waals surface area contributed by atoms with E-state index in [1.165, 1.54) is 0 Å². The number of nitrogens with two attached hydrogens (primary N) is 2. The number of halogens is 1. The molecule has 0 unspecified atom stereocenters. The van der Waals surface area contributed by atoms with Crippen LogP contribution in [0.4, 0.5) is 11.4 Å². The zero-order valence-electron chi connectivity index (χ0n) is 7.71. The summed E-state index contributed by atoms with van der Waals surface area (Å²) in [5.41, 5.74) is 14.4. The second-order valence-corrected chi connectivity index (χ2v) is 3.68. The number of anilines is 2. The Morgan fingerprint density at radius 2 is 2.00 bits per heavy atom. The maximum atomic E-state index is 5.92. The molecule has 0 amide bonds. The number of aryl methyl sites for hydroxylation is 1. The number of nitrogen functional groups attached to an aromatic ring is 2. The smallest absolute Gasteiger partial charge is 0.0754 e. The van der Waals surface area contributed by atoms with Crippen molar-refractivity contribution < 1.29 is 0 Å². The van der Waals surface area contributed by atoms with Crippen molar-refractivity contribution >= 4 is 33.9 Å². The Morgan fingerprint density at radius 1 is 1.29 bits per heavy atom. The third kappa shape index (κ3) is 1.26. The van der Waals surface area contributed by atoms with E-state index in [-0.39, 0.29) is 0 Å². The summed E-state index contributed by atoms with van der Waals surface area (Å²) in [5.74, 6) is 0. The number of fused-ring (bicyclic) bond motifs is 1. The molecule has 2 rings (SSSR count). The van der Waals surface area contributed by atoms with Gasteiger partial charge in [0.05, 0.1) is 23.1 Å². The van der Waals surface area contributed by atoms with Crippen LogP contribution in [-0.4, -0.2) is 4.98 Å². The first-order chi connectivity index (χ1) is 6.59. The number of aromatic nitrogens is 1. The zero-order valence-corrected chi connectivity index (χ0v) is 8.47. The average Bonchev–Trinajstić information content (AvgIpc) is 2.12. The van der Waals surface area contributed by atoms with Gasteiger partial charge < -0.3 is 11.5 Å². The predicted octanol–water partition coefficient (Wildman–Crippen LogP) is 2.36. The summed E-state index contributed by atoms with van der Waals surface area (Å²) in [7, 11) is 0. The fourth-order valence-electron chi connectivity index (χ4n) is 1.47. The molecule has 1 aromatic heterocycles. The van der Waals surface area contributed by atoms with Gasteiger partial charge in [-0.25, -0.2) is 0 Å². The van der Waals surface area contributed by atoms with Gasteiger partial charge in [-0.3, -0.25) is 4.98 Å². The highest BCUT2D eigenvalue weighted by molar-refractivity contribution is 6.31. The van der Waals surface area contributed by atoms with Gasteiger partial charge in [-0.1, -0.05) is 11.6 Å². The van der Waals surface area contributed by atoms with Crippen molar-refractivity contribution in [3.63, 3.8) is 0 Å². The summed E-state index contributed by atoms with van der Waals surface area (Å²) in [5, 5.41) is 1.46. The van der Waals surface area contributed by atoms with E-state index >= 15 is 0 Å². The van der Waals surface area contributed by atoms with Crippen LogP contribution < -0.4 is 11.5 Å². The molecule has 1 heterocycles. The van der Waals surface area contributed by atoms with Gasteiger partial charge in [0.25, 0.3) is 0 Å². The summed E-state index contributed by atoms with van der Waals surface area (Å²) in [6.07, 6.45) is 1.57. The summed E-state index contributed by atoms with van der Waals surface area (Å²) < 4.78 is 0. The maximum absolute atomic E-state index is 5.92. The normalized spacial score (nSPS) is 10.7. The number of benzene rings is 1. The van der Waals surface area contributed by atoms with E-state index in [0.29, 0.717) is 16.4 Å². The van der Waals surface area contributed by atoms with Crippen molar-refractivity contribution in [1.29, 1.82) is 0 Å². The predicted molar refractivity (Wildman–Crippen MR) is 60.3 cm³/mol. The van der Waals surface area contributed by atoms with Crippen LogP contribution in [0.1, 0.15) is 5.56 Å². The Balaban J connectivity index is 2.95. The monoisotopic (exact) mass is 207 g/mol. The van der Waals surface area contributed by atoms with Crippen LogP contribution in [0.15, 0.2) is 18.3 Å². The van der Waals surface area contributed by atoms with E-state index in [1.807, 2.05) is 13.0 Å². The average molecular weight is 208 g/mol. The molecule has 14 heavy (non-hydrogen) atoms. The molecule has 0 aliphatic heterocycles. The molecule has 0 fully saturated rings. The molecule has 0 saturated heterocycles. The molecule has 3 nitrogen and oxygen atoms in total. The minimum Gasteiger partial charge on any atom is -0.396 e. The summed E-state index contributed by atoms with van der Waals surface area (Å²) in [6, 6.07) is 3.63. The quantitative estimate of drug-likeness (QED) is 0.697. The zero-order chi connectivity index (χ0) is 10.3. The van der Waals surface area contributed by atoms with Crippen LogP contribution in [0, 0.1) is 6.92 Å². The molecule has 72 valence electrons. The third-order valence-corrected chi connectivity index (χ3v) is 2.42. The first kappa shape index (κ1) is 9.09. The first-order valence-corrected chi connectivity index (χ1v) is 4.57. The largest absolute Gasteiger partial charge is 0.396 e. The van der Waals surface area contributed by atoms with Gasteiger partial charge in [-0.15, -0.1) is 0 Å². The lowest BCUT2D eigenvalue weighted by atomic mass is 10.1. The molecule has 0 atom stereocenters. The van der Waals surface area contributed by atoms with Gasteiger partial charge >= 0.3 is 0 Å². The van der Waals surface area contributed by atoms with Gasteiger partial charge in [-0.05, 0) is 24.6 Å². The van der Waals surface area contributed by atoms with Crippen LogP contribution in [0.3, 0.4) is 0 Å². The van der Waals surface area contributed by atoms with E-state index in [1.54, 1.807) is 12.3 Å². The molecule has 0 aliphatic rings. The van der Waals surface area contributed by atoms with Crippen molar-refractivity contribution in [2.24, 2.45) is 0 Å². The van der Waals surface area contributed by atoms with Gasteiger partial charge in [0.2, 0.25) is 0 Å². The second kappa shape index (κ2) is 3.03. The number of hydrogen-bond donors (Lipinski definition) is 2. The lowest BCUT2D eigenvalue weighted by molar-refractivity contribution is 1.37. The Hall–Kier alpha value is -1.48. The molecule has 0 spiro atoms. The van der Waals surface area contributed by atoms with Gasteiger partial charge in [-0.2, -0.15) is 0 Å². The second-order valence-electron chi connectivity index (χ2n) is 3.25. The SMILES string of the molecule is Cc1cc(Cl)cc2c(N)c(N)cnc12. The van der Waals surface area contributed by atoms with Crippen molar-refractivity contribution in [2.45, 2.75) is 6.92 Å². The molecule has 0 aliphatic carbocycles. The lowest BCUT2D eigenvalue weighted by Crippen LogP contribution is -1.97. The molecular formula is C10H10ClN3. The summed E-state index contributed by atoms with van der Waals surface area (Å²) in [6.45, 7) is 1.94. The number of pyridine rings is 1. The van der Waals surface area contributed by atoms with Gasteiger partial charge in [0, 0.05) is 10.4 Å². The Bertz CT molecular complexity index is 508. The first-order valence-electron chi connectivity index (χ1n) is 4.19. The van der Waals surface area contributed by atoms with Crippen LogP contribution in [0.5, 0.6) is 0 Å². The van der Waals surface area contributed by atoms with Gasteiger partial charge in [0.1, 0.15) is 0 Å².